The molecule has 1 atom stereocenters. The van der Waals surface area contributed by atoms with Gasteiger partial charge in [0.1, 0.15) is 11.9 Å². The van der Waals surface area contributed by atoms with Crippen LogP contribution in [0.3, 0.4) is 0 Å². The minimum absolute atomic E-state index is 0.0750. The maximum absolute atomic E-state index is 13.7. The van der Waals surface area contributed by atoms with E-state index >= 15 is 0 Å². The molecule has 0 saturated carbocycles. The topological polar surface area (TPSA) is 53.2 Å². The van der Waals surface area contributed by atoms with Crippen molar-refractivity contribution in [2.45, 2.75) is 18.9 Å². The fourth-order valence-corrected chi connectivity index (χ4v) is 2.38. The summed E-state index contributed by atoms with van der Waals surface area (Å²) in [5.74, 6) is -0.548. The normalized spacial score (nSPS) is 20.1. The molecule has 1 N–H and O–H groups in total. The number of ether oxygens (including phenoxy) is 1. The lowest BCUT2D eigenvalue weighted by Crippen LogP contribution is -2.34. The Morgan fingerprint density at radius 1 is 1.44 bits per heavy atom. The van der Waals surface area contributed by atoms with E-state index in [0.29, 0.717) is 31.1 Å². The Bertz CT molecular complexity index is 480. The molecule has 2 rings (SSSR count). The number of hydrogen-bond acceptors (Lipinski definition) is 3. The van der Waals surface area contributed by atoms with Crippen LogP contribution in [0.25, 0.3) is 0 Å². The van der Waals surface area contributed by atoms with E-state index in [1.54, 1.807) is 0 Å². The molecule has 0 aliphatic carbocycles. The summed E-state index contributed by atoms with van der Waals surface area (Å²) in [6, 6.07) is 6.11. The van der Waals surface area contributed by atoms with Crippen molar-refractivity contribution < 1.29 is 14.2 Å². The van der Waals surface area contributed by atoms with Gasteiger partial charge in [0.25, 0.3) is 0 Å². The molecular weight excluding hydrogens is 257 g/mol. The first-order valence-corrected chi connectivity index (χ1v) is 6.09. The zero-order chi connectivity index (χ0) is 13.2. The molecule has 5 heteroatoms. The van der Waals surface area contributed by atoms with Crippen molar-refractivity contribution in [3.8, 4) is 6.07 Å². The zero-order valence-electron chi connectivity index (χ0n) is 9.70. The van der Waals surface area contributed by atoms with Gasteiger partial charge in [0.05, 0.1) is 11.5 Å². The maximum Gasteiger partial charge on any atom is 0.129 e. The highest BCUT2D eigenvalue weighted by molar-refractivity contribution is 6.30. The minimum atomic E-state index is -1.19. The molecule has 1 heterocycles. The van der Waals surface area contributed by atoms with Crippen LogP contribution in [0.15, 0.2) is 18.2 Å². The number of benzene rings is 1. The highest BCUT2D eigenvalue weighted by Crippen LogP contribution is 2.43. The van der Waals surface area contributed by atoms with Gasteiger partial charge < -0.3 is 9.84 Å². The van der Waals surface area contributed by atoms with Crippen LogP contribution in [0.4, 0.5) is 4.39 Å². The Balaban J connectivity index is 2.37. The SMILES string of the molecule is N#CC1(C(O)c2cc(Cl)ccc2F)CCOCC1. The highest BCUT2D eigenvalue weighted by Gasteiger charge is 2.41. The zero-order valence-corrected chi connectivity index (χ0v) is 10.5. The largest absolute Gasteiger partial charge is 0.387 e. The molecule has 0 bridgehead atoms. The molecule has 1 saturated heterocycles. The first-order chi connectivity index (χ1) is 8.59. The number of rotatable bonds is 2. The van der Waals surface area contributed by atoms with Crippen LogP contribution in [0.2, 0.25) is 5.02 Å². The molecule has 0 radical (unpaired) electrons. The van der Waals surface area contributed by atoms with Crippen molar-refractivity contribution >= 4 is 11.6 Å². The van der Waals surface area contributed by atoms with Gasteiger partial charge in [-0.1, -0.05) is 11.6 Å². The van der Waals surface area contributed by atoms with E-state index in [1.165, 1.54) is 18.2 Å². The summed E-state index contributed by atoms with van der Waals surface area (Å²) in [7, 11) is 0. The third-order valence-corrected chi connectivity index (χ3v) is 3.62. The lowest BCUT2D eigenvalue weighted by molar-refractivity contribution is -0.0322. The second-order valence-electron chi connectivity index (χ2n) is 4.45. The van der Waals surface area contributed by atoms with E-state index in [4.69, 9.17) is 16.3 Å². The number of hydrogen-bond donors (Lipinski definition) is 1. The molecule has 1 fully saturated rings. The van der Waals surface area contributed by atoms with Gasteiger partial charge in [-0.2, -0.15) is 5.26 Å². The molecule has 1 unspecified atom stereocenters. The fourth-order valence-electron chi connectivity index (χ4n) is 2.20. The third-order valence-electron chi connectivity index (χ3n) is 3.38. The van der Waals surface area contributed by atoms with Crippen LogP contribution < -0.4 is 0 Å². The van der Waals surface area contributed by atoms with Gasteiger partial charge in [0.15, 0.2) is 0 Å². The quantitative estimate of drug-likeness (QED) is 0.898. The number of nitriles is 1. The predicted molar refractivity (Wildman–Crippen MR) is 64.5 cm³/mol. The Morgan fingerprint density at radius 2 is 2.11 bits per heavy atom. The molecule has 1 aromatic carbocycles. The molecule has 1 aliphatic rings. The molecule has 0 amide bonds. The van der Waals surface area contributed by atoms with Crippen LogP contribution >= 0.6 is 11.6 Å². The summed E-state index contributed by atoms with van der Waals surface area (Å²) < 4.78 is 18.9. The summed E-state index contributed by atoms with van der Waals surface area (Å²) in [6.45, 7) is 0.791. The standard InChI is InChI=1S/C13H13ClFNO2/c14-9-1-2-11(15)10(7-9)12(17)13(8-16)3-5-18-6-4-13/h1-2,7,12,17H,3-6H2. The maximum atomic E-state index is 13.7. The van der Waals surface area contributed by atoms with E-state index in [1.807, 2.05) is 0 Å². The summed E-state index contributed by atoms with van der Waals surface area (Å²) in [4.78, 5) is 0. The molecule has 18 heavy (non-hydrogen) atoms. The second kappa shape index (κ2) is 5.23. The lowest BCUT2D eigenvalue weighted by atomic mass is 9.74. The predicted octanol–water partition coefficient (Wildman–Crippen LogP) is 2.83. The van der Waals surface area contributed by atoms with Gasteiger partial charge >= 0.3 is 0 Å². The molecule has 3 nitrogen and oxygen atoms in total. The number of halogens is 2. The number of aliphatic hydroxyl groups is 1. The van der Waals surface area contributed by atoms with Gasteiger partial charge in [0, 0.05) is 23.8 Å². The van der Waals surface area contributed by atoms with E-state index < -0.39 is 17.3 Å². The summed E-state index contributed by atoms with van der Waals surface area (Å²) >= 11 is 5.80. The fraction of sp³-hybridized carbons (Fsp3) is 0.462. The van der Waals surface area contributed by atoms with Crippen LogP contribution in [0, 0.1) is 22.6 Å². The Morgan fingerprint density at radius 3 is 2.72 bits per heavy atom. The van der Waals surface area contributed by atoms with Crippen LogP contribution in [0.5, 0.6) is 0 Å². The van der Waals surface area contributed by atoms with Crippen molar-refractivity contribution in [3.05, 3.63) is 34.6 Å². The van der Waals surface area contributed by atoms with Gasteiger partial charge in [-0.25, -0.2) is 4.39 Å². The summed E-state index contributed by atoms with van der Waals surface area (Å²) in [5.41, 5.74) is -0.921. The molecule has 1 aromatic rings. The molecule has 1 aliphatic heterocycles. The van der Waals surface area contributed by atoms with Gasteiger partial charge in [0.2, 0.25) is 0 Å². The van der Waals surface area contributed by atoms with Crippen LogP contribution in [-0.2, 0) is 4.74 Å². The molecule has 96 valence electrons. The van der Waals surface area contributed by atoms with Crippen LogP contribution in [0.1, 0.15) is 24.5 Å². The molecular formula is C13H13ClFNO2. The number of aliphatic hydroxyl groups excluding tert-OH is 1. The average Bonchev–Trinajstić information content (AvgIpc) is 2.41. The first kappa shape index (κ1) is 13.3. The summed E-state index contributed by atoms with van der Waals surface area (Å²) in [6.07, 6.45) is -0.419. The van der Waals surface area contributed by atoms with Crippen LogP contribution in [-0.4, -0.2) is 18.3 Å². The van der Waals surface area contributed by atoms with Gasteiger partial charge in [-0.3, -0.25) is 0 Å². The van der Waals surface area contributed by atoms with Crippen molar-refractivity contribution in [1.29, 1.82) is 5.26 Å². The molecule has 0 spiro atoms. The van der Waals surface area contributed by atoms with E-state index in [2.05, 4.69) is 6.07 Å². The van der Waals surface area contributed by atoms with Gasteiger partial charge in [-0.15, -0.1) is 0 Å². The monoisotopic (exact) mass is 269 g/mol. The van der Waals surface area contributed by atoms with E-state index in [9.17, 15) is 14.8 Å². The van der Waals surface area contributed by atoms with Crippen molar-refractivity contribution in [2.24, 2.45) is 5.41 Å². The average molecular weight is 270 g/mol. The minimum Gasteiger partial charge on any atom is -0.387 e. The lowest BCUT2D eigenvalue weighted by Gasteiger charge is -2.35. The second-order valence-corrected chi connectivity index (χ2v) is 4.89. The van der Waals surface area contributed by atoms with E-state index in [0.717, 1.165) is 0 Å². The van der Waals surface area contributed by atoms with Crippen molar-refractivity contribution in [3.63, 3.8) is 0 Å². The van der Waals surface area contributed by atoms with Gasteiger partial charge in [-0.05, 0) is 31.0 Å². The Kier molecular flexibility index (Phi) is 3.86. The first-order valence-electron chi connectivity index (χ1n) is 5.71. The molecule has 0 aromatic heterocycles. The third kappa shape index (κ3) is 2.35. The summed E-state index contributed by atoms with van der Waals surface area (Å²) in [5, 5.41) is 20.0. The van der Waals surface area contributed by atoms with E-state index in [-0.39, 0.29) is 5.56 Å². The number of nitrogens with zero attached hydrogens (tertiary/aromatic N) is 1. The Labute approximate surface area is 110 Å². The highest BCUT2D eigenvalue weighted by atomic mass is 35.5. The van der Waals surface area contributed by atoms with Crippen molar-refractivity contribution in [1.82, 2.24) is 0 Å². The Hall–Kier alpha value is -1.15. The van der Waals surface area contributed by atoms with Crippen molar-refractivity contribution in [2.75, 3.05) is 13.2 Å². The smallest absolute Gasteiger partial charge is 0.129 e.